The van der Waals surface area contributed by atoms with Crippen LogP contribution in [-0.2, 0) is 14.1 Å². The van der Waals surface area contributed by atoms with Gasteiger partial charge < -0.3 is 14.8 Å². The van der Waals surface area contributed by atoms with Crippen LogP contribution >= 0.6 is 0 Å². The summed E-state index contributed by atoms with van der Waals surface area (Å²) in [7, 11) is 6.56. The number of methoxy groups -OCH3 is 2. The molecule has 2 aromatic heterocycles. The van der Waals surface area contributed by atoms with Crippen LogP contribution in [0, 0.1) is 6.92 Å². The van der Waals surface area contributed by atoms with Crippen molar-refractivity contribution >= 4 is 22.7 Å². The molecule has 24 heavy (non-hydrogen) atoms. The average molecular weight is 329 g/mol. The number of aryl methyl sites for hydroxylation is 2. The van der Waals surface area contributed by atoms with Crippen LogP contribution in [0.15, 0.2) is 23.0 Å². The molecule has 0 radical (unpaired) electrons. The lowest BCUT2D eigenvalue weighted by Gasteiger charge is -2.14. The van der Waals surface area contributed by atoms with Crippen molar-refractivity contribution < 1.29 is 9.47 Å². The Bertz CT molecular complexity index is 974. The Balaban J connectivity index is 2.13. The maximum absolute atomic E-state index is 12.6. The van der Waals surface area contributed by atoms with Gasteiger partial charge in [0.25, 0.3) is 5.56 Å². The molecule has 0 aliphatic rings. The number of ether oxygens (including phenoxy) is 2. The quantitative estimate of drug-likeness (QED) is 0.785. The van der Waals surface area contributed by atoms with E-state index in [0.717, 1.165) is 0 Å². The van der Waals surface area contributed by atoms with E-state index in [1.54, 1.807) is 45.1 Å². The molecular weight excluding hydrogens is 310 g/mol. The third-order valence-corrected chi connectivity index (χ3v) is 3.89. The van der Waals surface area contributed by atoms with E-state index in [-0.39, 0.29) is 5.56 Å². The van der Waals surface area contributed by atoms with Gasteiger partial charge in [-0.15, -0.1) is 0 Å². The molecule has 0 saturated heterocycles. The highest BCUT2D eigenvalue weighted by atomic mass is 16.5. The minimum atomic E-state index is -0.168. The highest BCUT2D eigenvalue weighted by Crippen LogP contribution is 2.31. The summed E-state index contributed by atoms with van der Waals surface area (Å²) >= 11 is 0. The summed E-state index contributed by atoms with van der Waals surface area (Å²) in [6.45, 7) is 1.83. The minimum Gasteiger partial charge on any atom is -0.497 e. The number of anilines is 2. The van der Waals surface area contributed by atoms with E-state index in [1.807, 2.05) is 13.0 Å². The summed E-state index contributed by atoms with van der Waals surface area (Å²) in [6, 6.07) is 5.37. The molecule has 0 fully saturated rings. The van der Waals surface area contributed by atoms with Gasteiger partial charge in [0.15, 0.2) is 5.52 Å². The van der Waals surface area contributed by atoms with E-state index in [9.17, 15) is 4.79 Å². The first-order chi connectivity index (χ1) is 11.5. The smallest absolute Gasteiger partial charge is 0.280 e. The van der Waals surface area contributed by atoms with Crippen molar-refractivity contribution in [2.75, 3.05) is 19.5 Å². The Hall–Kier alpha value is -3.03. The van der Waals surface area contributed by atoms with Crippen molar-refractivity contribution in [2.45, 2.75) is 6.92 Å². The number of nitrogens with zero attached hydrogens (tertiary/aromatic N) is 4. The molecule has 0 bridgehead atoms. The molecule has 0 saturated carbocycles. The molecule has 126 valence electrons. The molecule has 1 N–H and O–H groups in total. The summed E-state index contributed by atoms with van der Waals surface area (Å²) in [4.78, 5) is 17.2. The molecule has 3 rings (SSSR count). The summed E-state index contributed by atoms with van der Waals surface area (Å²) in [5.74, 6) is 1.68. The largest absolute Gasteiger partial charge is 0.497 e. The van der Waals surface area contributed by atoms with Gasteiger partial charge in [-0.3, -0.25) is 14.0 Å². The van der Waals surface area contributed by atoms with Gasteiger partial charge >= 0.3 is 0 Å². The molecule has 3 aromatic rings. The van der Waals surface area contributed by atoms with Crippen LogP contribution in [0.3, 0.4) is 0 Å². The molecule has 0 amide bonds. The van der Waals surface area contributed by atoms with Gasteiger partial charge in [0.2, 0.25) is 5.95 Å². The number of fused-ring (bicyclic) bond motifs is 1. The second-order valence-corrected chi connectivity index (χ2v) is 5.40. The van der Waals surface area contributed by atoms with Crippen LogP contribution in [0.1, 0.15) is 5.69 Å². The first-order valence-corrected chi connectivity index (χ1v) is 7.35. The van der Waals surface area contributed by atoms with Gasteiger partial charge in [-0.25, -0.2) is 4.98 Å². The molecule has 0 atom stereocenters. The lowest BCUT2D eigenvalue weighted by molar-refractivity contribution is 0.395. The van der Waals surface area contributed by atoms with E-state index in [0.29, 0.717) is 39.9 Å². The predicted octanol–water partition coefficient (Wildman–Crippen LogP) is 1.74. The molecule has 0 aliphatic heterocycles. The fourth-order valence-electron chi connectivity index (χ4n) is 2.59. The topological polar surface area (TPSA) is 83.2 Å². The Morgan fingerprint density at radius 1 is 1.17 bits per heavy atom. The van der Waals surface area contributed by atoms with Crippen molar-refractivity contribution in [2.24, 2.45) is 14.1 Å². The molecule has 8 nitrogen and oxygen atoms in total. The van der Waals surface area contributed by atoms with Crippen molar-refractivity contribution in [3.05, 3.63) is 34.2 Å². The van der Waals surface area contributed by atoms with Gasteiger partial charge in [0.1, 0.15) is 17.0 Å². The average Bonchev–Trinajstić information content (AvgIpc) is 2.86. The van der Waals surface area contributed by atoms with E-state index in [4.69, 9.17) is 9.47 Å². The fourth-order valence-corrected chi connectivity index (χ4v) is 2.59. The molecule has 8 heteroatoms. The molecule has 0 aliphatic carbocycles. The highest BCUT2D eigenvalue weighted by molar-refractivity contribution is 5.78. The van der Waals surface area contributed by atoms with Crippen molar-refractivity contribution in [1.82, 2.24) is 19.3 Å². The number of hydrogen-bond donors (Lipinski definition) is 1. The fraction of sp³-hybridized carbons (Fsp3) is 0.312. The predicted molar refractivity (Wildman–Crippen MR) is 91.3 cm³/mol. The molecule has 0 spiro atoms. The SMILES string of the molecule is COc1ccc(Nc2nc3c(C)nn(C)c3c(=O)n2C)c(OC)c1. The van der Waals surface area contributed by atoms with Crippen LogP contribution in [-0.4, -0.2) is 33.6 Å². The maximum Gasteiger partial charge on any atom is 0.280 e. The Kier molecular flexibility index (Phi) is 3.88. The highest BCUT2D eigenvalue weighted by Gasteiger charge is 2.16. The third-order valence-electron chi connectivity index (χ3n) is 3.89. The number of benzene rings is 1. The zero-order chi connectivity index (χ0) is 17.4. The molecular formula is C16H19N5O3. The van der Waals surface area contributed by atoms with Gasteiger partial charge in [-0.2, -0.15) is 5.10 Å². The number of nitrogens with one attached hydrogen (secondary N) is 1. The monoisotopic (exact) mass is 329 g/mol. The molecule has 1 aromatic carbocycles. The summed E-state index contributed by atoms with van der Waals surface area (Å²) in [6.07, 6.45) is 0. The first-order valence-electron chi connectivity index (χ1n) is 7.35. The van der Waals surface area contributed by atoms with Crippen molar-refractivity contribution in [3.63, 3.8) is 0 Å². The van der Waals surface area contributed by atoms with Crippen LogP contribution in [0.25, 0.3) is 11.0 Å². The van der Waals surface area contributed by atoms with Gasteiger partial charge in [-0.05, 0) is 19.1 Å². The Morgan fingerprint density at radius 3 is 2.58 bits per heavy atom. The van der Waals surface area contributed by atoms with E-state index in [2.05, 4.69) is 15.4 Å². The van der Waals surface area contributed by atoms with Crippen LogP contribution in [0.5, 0.6) is 11.5 Å². The molecule has 2 heterocycles. The van der Waals surface area contributed by atoms with Crippen LogP contribution in [0.4, 0.5) is 11.6 Å². The van der Waals surface area contributed by atoms with E-state index >= 15 is 0 Å². The second-order valence-electron chi connectivity index (χ2n) is 5.40. The minimum absolute atomic E-state index is 0.168. The first kappa shape index (κ1) is 15.9. The van der Waals surface area contributed by atoms with Crippen LogP contribution < -0.4 is 20.3 Å². The maximum atomic E-state index is 12.6. The van der Waals surface area contributed by atoms with Gasteiger partial charge in [0, 0.05) is 20.2 Å². The normalized spacial score (nSPS) is 10.9. The zero-order valence-electron chi connectivity index (χ0n) is 14.2. The van der Waals surface area contributed by atoms with Crippen molar-refractivity contribution in [1.29, 1.82) is 0 Å². The zero-order valence-corrected chi connectivity index (χ0v) is 14.2. The lowest BCUT2D eigenvalue weighted by Crippen LogP contribution is -2.22. The number of hydrogen-bond acceptors (Lipinski definition) is 6. The second kappa shape index (κ2) is 5.88. The Labute approximate surface area is 138 Å². The van der Waals surface area contributed by atoms with Gasteiger partial charge in [-0.1, -0.05) is 0 Å². The standard InChI is InChI=1S/C16H19N5O3/c1-9-13-14(21(3)19-9)15(22)20(2)16(18-13)17-11-7-6-10(23-4)8-12(11)24-5/h6-8H,1-5H3,(H,17,18). The summed E-state index contributed by atoms with van der Waals surface area (Å²) in [5.41, 5.74) is 2.27. The van der Waals surface area contributed by atoms with E-state index in [1.165, 1.54) is 4.57 Å². The van der Waals surface area contributed by atoms with Crippen molar-refractivity contribution in [3.8, 4) is 11.5 Å². The summed E-state index contributed by atoms with van der Waals surface area (Å²) in [5, 5.41) is 7.42. The third kappa shape index (κ3) is 2.45. The molecule has 0 unspecified atom stereocenters. The Morgan fingerprint density at radius 2 is 1.92 bits per heavy atom. The van der Waals surface area contributed by atoms with Crippen LogP contribution in [0.2, 0.25) is 0 Å². The number of rotatable bonds is 4. The number of aromatic nitrogens is 4. The van der Waals surface area contributed by atoms with E-state index < -0.39 is 0 Å². The van der Waals surface area contributed by atoms with Gasteiger partial charge in [0.05, 0.1) is 25.6 Å². The summed E-state index contributed by atoms with van der Waals surface area (Å²) < 4.78 is 13.6. The lowest BCUT2D eigenvalue weighted by atomic mass is 10.2.